The minimum atomic E-state index is -4.58. The molecule has 0 atom stereocenters. The summed E-state index contributed by atoms with van der Waals surface area (Å²) in [5.41, 5.74) is 0.137. The number of hydrogen-bond acceptors (Lipinski definition) is 5. The van der Waals surface area contributed by atoms with Crippen LogP contribution in [0.25, 0.3) is 0 Å². The highest BCUT2D eigenvalue weighted by Gasteiger charge is 2.36. The Labute approximate surface area is 139 Å². The highest BCUT2D eigenvalue weighted by atomic mass is 32.2. The fourth-order valence-corrected chi connectivity index (χ4v) is 3.58. The van der Waals surface area contributed by atoms with E-state index in [2.05, 4.69) is 15.0 Å². The van der Waals surface area contributed by atoms with Gasteiger partial charge in [0.2, 0.25) is 0 Å². The zero-order valence-corrected chi connectivity index (χ0v) is 13.6. The highest BCUT2D eigenvalue weighted by Crippen LogP contribution is 2.37. The predicted molar refractivity (Wildman–Crippen MR) is 82.2 cm³/mol. The number of aromatic nitrogens is 3. The molecule has 0 fully saturated rings. The molecule has 3 rings (SSSR count). The van der Waals surface area contributed by atoms with Crippen molar-refractivity contribution in [3.63, 3.8) is 0 Å². The number of nitrogens with one attached hydrogen (secondary N) is 1. The molecule has 2 heterocycles. The van der Waals surface area contributed by atoms with Gasteiger partial charge in [-0.05, 0) is 25.3 Å². The van der Waals surface area contributed by atoms with E-state index < -0.39 is 11.9 Å². The summed E-state index contributed by atoms with van der Waals surface area (Å²) >= 11 is 1.03. The van der Waals surface area contributed by atoms with Crippen molar-refractivity contribution in [1.82, 2.24) is 15.0 Å². The highest BCUT2D eigenvalue weighted by molar-refractivity contribution is 7.98. The minimum absolute atomic E-state index is 0.0619. The van der Waals surface area contributed by atoms with Crippen molar-refractivity contribution in [1.29, 1.82) is 0 Å². The van der Waals surface area contributed by atoms with E-state index in [0.29, 0.717) is 17.1 Å². The van der Waals surface area contributed by atoms with Crippen LogP contribution in [-0.2, 0) is 24.8 Å². The number of alkyl halides is 3. The molecule has 0 amide bonds. The lowest BCUT2D eigenvalue weighted by atomic mass is 10.2. The fourth-order valence-electron chi connectivity index (χ4n) is 2.68. The van der Waals surface area contributed by atoms with E-state index in [0.717, 1.165) is 36.5 Å². The van der Waals surface area contributed by atoms with Crippen molar-refractivity contribution in [3.05, 3.63) is 45.1 Å². The van der Waals surface area contributed by atoms with E-state index in [1.807, 2.05) is 0 Å². The maximum atomic E-state index is 13.1. The van der Waals surface area contributed by atoms with E-state index in [4.69, 9.17) is 4.74 Å². The van der Waals surface area contributed by atoms with Gasteiger partial charge in [-0.25, -0.2) is 4.98 Å². The summed E-state index contributed by atoms with van der Waals surface area (Å²) in [6, 6.07) is 1.38. The molecule has 24 heavy (non-hydrogen) atoms. The Morgan fingerprint density at radius 3 is 2.88 bits per heavy atom. The maximum absolute atomic E-state index is 13.1. The Hall–Kier alpha value is -2.03. The van der Waals surface area contributed by atoms with Gasteiger partial charge in [-0.15, -0.1) is 0 Å². The SMILES string of the molecule is COc1ccnc(C(F)(F)F)c1CSc1nc2c(c(=O)[nH]1)CCC2. The van der Waals surface area contributed by atoms with Gasteiger partial charge >= 0.3 is 6.18 Å². The summed E-state index contributed by atoms with van der Waals surface area (Å²) in [6.07, 6.45) is -1.24. The van der Waals surface area contributed by atoms with Crippen LogP contribution in [0.1, 0.15) is 28.9 Å². The van der Waals surface area contributed by atoms with Crippen molar-refractivity contribution in [2.45, 2.75) is 36.3 Å². The average Bonchev–Trinajstić information content (AvgIpc) is 3.00. The van der Waals surface area contributed by atoms with Crippen molar-refractivity contribution in [2.24, 2.45) is 0 Å². The van der Waals surface area contributed by atoms with Gasteiger partial charge in [0, 0.05) is 23.1 Å². The van der Waals surface area contributed by atoms with Gasteiger partial charge in [0.25, 0.3) is 5.56 Å². The van der Waals surface area contributed by atoms with E-state index in [1.54, 1.807) is 0 Å². The van der Waals surface area contributed by atoms with E-state index in [9.17, 15) is 18.0 Å². The molecule has 1 aliphatic rings. The van der Waals surface area contributed by atoms with Crippen LogP contribution >= 0.6 is 11.8 Å². The van der Waals surface area contributed by atoms with Crippen molar-refractivity contribution in [2.75, 3.05) is 7.11 Å². The van der Waals surface area contributed by atoms with Crippen LogP contribution in [0.15, 0.2) is 22.2 Å². The van der Waals surface area contributed by atoms with Crippen LogP contribution in [0, 0.1) is 0 Å². The van der Waals surface area contributed by atoms with Gasteiger partial charge in [-0.1, -0.05) is 11.8 Å². The summed E-state index contributed by atoms with van der Waals surface area (Å²) in [6.45, 7) is 0. The van der Waals surface area contributed by atoms with Crippen molar-refractivity contribution < 1.29 is 17.9 Å². The fraction of sp³-hybridized carbons (Fsp3) is 0.400. The normalized spacial score (nSPS) is 13.8. The summed E-state index contributed by atoms with van der Waals surface area (Å²) in [5.74, 6) is 0.0430. The number of halogens is 3. The first-order chi connectivity index (χ1) is 11.4. The largest absolute Gasteiger partial charge is 0.496 e. The first-order valence-electron chi connectivity index (χ1n) is 7.24. The number of pyridine rings is 1. The van der Waals surface area contributed by atoms with Gasteiger partial charge in [0.1, 0.15) is 5.75 Å². The third-order valence-electron chi connectivity index (χ3n) is 3.77. The Morgan fingerprint density at radius 2 is 2.17 bits per heavy atom. The summed E-state index contributed by atoms with van der Waals surface area (Å²) < 4.78 is 44.4. The smallest absolute Gasteiger partial charge is 0.433 e. The number of nitrogens with zero attached hydrogens (tertiary/aromatic N) is 2. The second kappa shape index (κ2) is 6.46. The summed E-state index contributed by atoms with van der Waals surface area (Å²) in [4.78, 5) is 22.4. The van der Waals surface area contributed by atoms with Gasteiger partial charge in [0.15, 0.2) is 10.9 Å². The standard InChI is InChI=1S/C15H14F3N3O2S/c1-23-11-5-6-19-12(15(16,17)18)9(11)7-24-14-20-10-4-2-3-8(10)13(22)21-14/h5-6H,2-4,7H2,1H3,(H,20,21,22). The third-order valence-corrected chi connectivity index (χ3v) is 4.67. The van der Waals surface area contributed by atoms with E-state index in [-0.39, 0.29) is 22.6 Å². The van der Waals surface area contributed by atoms with Crippen LogP contribution in [0.2, 0.25) is 0 Å². The number of methoxy groups -OCH3 is 1. The maximum Gasteiger partial charge on any atom is 0.433 e. The second-order valence-corrected chi connectivity index (χ2v) is 6.24. The van der Waals surface area contributed by atoms with Crippen LogP contribution in [-0.4, -0.2) is 22.1 Å². The Morgan fingerprint density at radius 1 is 1.38 bits per heavy atom. The predicted octanol–water partition coefficient (Wildman–Crippen LogP) is 2.97. The molecular formula is C15H14F3N3O2S. The number of ether oxygens (including phenoxy) is 1. The molecule has 0 radical (unpaired) electrons. The number of thioether (sulfide) groups is 1. The first kappa shape index (κ1) is 16.8. The molecule has 2 aromatic heterocycles. The van der Waals surface area contributed by atoms with Gasteiger partial charge < -0.3 is 9.72 Å². The molecule has 9 heteroatoms. The molecule has 0 aliphatic heterocycles. The Balaban J connectivity index is 1.90. The molecule has 0 saturated heterocycles. The third kappa shape index (κ3) is 3.26. The molecule has 1 N–H and O–H groups in total. The quantitative estimate of drug-likeness (QED) is 0.673. The molecule has 0 unspecified atom stereocenters. The second-order valence-electron chi connectivity index (χ2n) is 5.28. The Kier molecular flexibility index (Phi) is 4.53. The first-order valence-corrected chi connectivity index (χ1v) is 8.22. The number of fused-ring (bicyclic) bond motifs is 1. The number of rotatable bonds is 4. The molecule has 0 spiro atoms. The number of aromatic amines is 1. The van der Waals surface area contributed by atoms with Crippen LogP contribution in [0.3, 0.4) is 0 Å². The lowest BCUT2D eigenvalue weighted by Gasteiger charge is -2.14. The molecule has 0 saturated carbocycles. The lowest BCUT2D eigenvalue weighted by Crippen LogP contribution is -2.15. The number of H-pyrrole nitrogens is 1. The average molecular weight is 357 g/mol. The molecule has 0 bridgehead atoms. The lowest BCUT2D eigenvalue weighted by molar-refractivity contribution is -0.141. The molecule has 2 aromatic rings. The van der Waals surface area contributed by atoms with Gasteiger partial charge in [-0.3, -0.25) is 9.78 Å². The zero-order chi connectivity index (χ0) is 17.3. The van der Waals surface area contributed by atoms with Crippen LogP contribution in [0.4, 0.5) is 13.2 Å². The molecule has 1 aliphatic carbocycles. The molecule has 128 valence electrons. The van der Waals surface area contributed by atoms with Gasteiger partial charge in [-0.2, -0.15) is 13.2 Å². The van der Waals surface area contributed by atoms with Crippen LogP contribution in [0.5, 0.6) is 5.75 Å². The van der Waals surface area contributed by atoms with Crippen molar-refractivity contribution in [3.8, 4) is 5.75 Å². The topological polar surface area (TPSA) is 67.9 Å². The van der Waals surface area contributed by atoms with Crippen LogP contribution < -0.4 is 10.3 Å². The summed E-state index contributed by atoms with van der Waals surface area (Å²) in [5, 5.41) is 0.305. The van der Waals surface area contributed by atoms with Gasteiger partial charge in [0.05, 0.1) is 12.8 Å². The number of aryl methyl sites for hydroxylation is 1. The number of hydrogen-bond donors (Lipinski definition) is 1. The van der Waals surface area contributed by atoms with E-state index in [1.165, 1.54) is 13.2 Å². The van der Waals surface area contributed by atoms with E-state index >= 15 is 0 Å². The minimum Gasteiger partial charge on any atom is -0.496 e. The summed E-state index contributed by atoms with van der Waals surface area (Å²) in [7, 11) is 1.30. The Bertz CT molecular complexity index is 821. The molecule has 5 nitrogen and oxygen atoms in total. The molecular weight excluding hydrogens is 343 g/mol. The molecule has 0 aromatic carbocycles. The monoisotopic (exact) mass is 357 g/mol. The van der Waals surface area contributed by atoms with Crippen molar-refractivity contribution >= 4 is 11.8 Å². The zero-order valence-electron chi connectivity index (χ0n) is 12.7.